The Morgan fingerprint density at radius 3 is 2.90 bits per heavy atom. The van der Waals surface area contributed by atoms with Crippen LogP contribution in [0.15, 0.2) is 18.2 Å². The van der Waals surface area contributed by atoms with Crippen LogP contribution in [0.2, 0.25) is 0 Å². The number of carboxylic acid groups (broad SMARTS) is 1. The number of aromatic carboxylic acids is 1. The van der Waals surface area contributed by atoms with Gasteiger partial charge in [-0.1, -0.05) is 17.3 Å². The third kappa shape index (κ3) is 2.46. The van der Waals surface area contributed by atoms with Gasteiger partial charge in [0, 0.05) is 11.5 Å². The summed E-state index contributed by atoms with van der Waals surface area (Å²) in [6.45, 7) is 0.134. The van der Waals surface area contributed by atoms with E-state index in [2.05, 4.69) is 10.3 Å². The summed E-state index contributed by atoms with van der Waals surface area (Å²) in [4.78, 5) is 11.2. The van der Waals surface area contributed by atoms with Crippen molar-refractivity contribution in [2.75, 3.05) is 7.11 Å². The van der Waals surface area contributed by atoms with Gasteiger partial charge >= 0.3 is 5.97 Å². The Kier molecular flexibility index (Phi) is 3.32. The zero-order valence-electron chi connectivity index (χ0n) is 11.4. The molecule has 1 aliphatic carbocycles. The zero-order valence-corrected chi connectivity index (χ0v) is 11.4. The van der Waals surface area contributed by atoms with Crippen molar-refractivity contribution in [1.29, 1.82) is 0 Å². The number of rotatable bonds is 5. The third-order valence-corrected chi connectivity index (χ3v) is 3.52. The van der Waals surface area contributed by atoms with Crippen LogP contribution in [0.25, 0.3) is 0 Å². The molecule has 0 aliphatic heterocycles. The van der Waals surface area contributed by atoms with Gasteiger partial charge in [0.15, 0.2) is 17.3 Å². The Labute approximate surface area is 120 Å². The van der Waals surface area contributed by atoms with E-state index in [9.17, 15) is 9.18 Å². The predicted octanol–water partition coefficient (Wildman–Crippen LogP) is 2.05. The molecular formula is C14H14FN3O3. The van der Waals surface area contributed by atoms with Gasteiger partial charge in [-0.05, 0) is 18.9 Å². The number of aromatic nitrogens is 3. The average molecular weight is 291 g/mol. The molecule has 1 heterocycles. The maximum atomic E-state index is 14.2. The minimum atomic E-state index is -1.10. The maximum Gasteiger partial charge on any atom is 0.358 e. The smallest absolute Gasteiger partial charge is 0.358 e. The van der Waals surface area contributed by atoms with Crippen molar-refractivity contribution >= 4 is 5.97 Å². The van der Waals surface area contributed by atoms with E-state index < -0.39 is 11.8 Å². The summed E-state index contributed by atoms with van der Waals surface area (Å²) in [6, 6.07) is 4.84. The van der Waals surface area contributed by atoms with E-state index in [0.717, 1.165) is 12.8 Å². The lowest BCUT2D eigenvalue weighted by molar-refractivity contribution is 0.0689. The van der Waals surface area contributed by atoms with E-state index in [1.807, 2.05) is 0 Å². The average Bonchev–Trinajstić information content (AvgIpc) is 3.21. The van der Waals surface area contributed by atoms with Crippen molar-refractivity contribution in [3.8, 4) is 5.75 Å². The van der Waals surface area contributed by atoms with Crippen molar-refractivity contribution in [2.24, 2.45) is 0 Å². The molecule has 21 heavy (non-hydrogen) atoms. The fourth-order valence-corrected chi connectivity index (χ4v) is 2.35. The van der Waals surface area contributed by atoms with E-state index >= 15 is 0 Å². The van der Waals surface area contributed by atoms with Crippen molar-refractivity contribution in [3.63, 3.8) is 0 Å². The SMILES string of the molecule is COc1cccc(Cn2nnc(C(=O)O)c2C2CC2)c1F. The molecule has 1 aromatic heterocycles. The predicted molar refractivity (Wildman–Crippen MR) is 71.0 cm³/mol. The second kappa shape index (κ2) is 5.16. The molecule has 0 bridgehead atoms. The number of hydrogen-bond donors (Lipinski definition) is 1. The molecular weight excluding hydrogens is 277 g/mol. The fourth-order valence-electron chi connectivity index (χ4n) is 2.35. The van der Waals surface area contributed by atoms with Crippen LogP contribution in [0.4, 0.5) is 4.39 Å². The van der Waals surface area contributed by atoms with Crippen LogP contribution in [0, 0.1) is 5.82 Å². The minimum Gasteiger partial charge on any atom is -0.494 e. The summed E-state index contributed by atoms with van der Waals surface area (Å²) >= 11 is 0. The molecule has 0 unspecified atom stereocenters. The van der Waals surface area contributed by atoms with E-state index in [-0.39, 0.29) is 23.9 Å². The summed E-state index contributed by atoms with van der Waals surface area (Å²) in [5.74, 6) is -1.26. The summed E-state index contributed by atoms with van der Waals surface area (Å²) in [5.41, 5.74) is 0.920. The van der Waals surface area contributed by atoms with Crippen molar-refractivity contribution in [2.45, 2.75) is 25.3 Å². The molecule has 7 heteroatoms. The van der Waals surface area contributed by atoms with Crippen LogP contribution < -0.4 is 4.74 Å². The van der Waals surface area contributed by atoms with Crippen LogP contribution in [0.1, 0.15) is 40.5 Å². The number of carboxylic acids is 1. The van der Waals surface area contributed by atoms with Crippen molar-refractivity contribution in [1.82, 2.24) is 15.0 Å². The Balaban J connectivity index is 1.97. The summed E-state index contributed by atoms with van der Waals surface area (Å²) in [6.07, 6.45) is 1.82. The highest BCUT2D eigenvalue weighted by molar-refractivity contribution is 5.86. The molecule has 1 aliphatic rings. The van der Waals surface area contributed by atoms with Gasteiger partial charge in [-0.25, -0.2) is 13.9 Å². The molecule has 1 saturated carbocycles. The standard InChI is InChI=1S/C14H14FN3O3/c1-21-10-4-2-3-9(11(10)15)7-18-13(8-5-6-8)12(14(19)20)16-17-18/h2-4,8H,5-7H2,1H3,(H,19,20). The van der Waals surface area contributed by atoms with E-state index in [0.29, 0.717) is 11.3 Å². The van der Waals surface area contributed by atoms with Gasteiger partial charge in [-0.3, -0.25) is 0 Å². The molecule has 0 spiro atoms. The molecule has 110 valence electrons. The topological polar surface area (TPSA) is 77.2 Å². The number of methoxy groups -OCH3 is 1. The van der Waals surface area contributed by atoms with Gasteiger partial charge in [0.2, 0.25) is 0 Å². The minimum absolute atomic E-state index is 0.0409. The first kappa shape index (κ1) is 13.5. The summed E-state index contributed by atoms with van der Waals surface area (Å²) < 4.78 is 20.6. The molecule has 2 aromatic rings. The lowest BCUT2D eigenvalue weighted by atomic mass is 10.1. The van der Waals surface area contributed by atoms with Gasteiger partial charge in [0.1, 0.15) is 0 Å². The Morgan fingerprint density at radius 2 is 2.29 bits per heavy atom. The number of ether oxygens (including phenoxy) is 1. The van der Waals surface area contributed by atoms with Crippen LogP contribution in [-0.2, 0) is 6.54 Å². The highest BCUT2D eigenvalue weighted by Crippen LogP contribution is 2.41. The quantitative estimate of drug-likeness (QED) is 0.912. The van der Waals surface area contributed by atoms with Gasteiger partial charge < -0.3 is 9.84 Å². The third-order valence-electron chi connectivity index (χ3n) is 3.52. The normalized spacial score (nSPS) is 14.2. The first-order chi connectivity index (χ1) is 10.1. The van der Waals surface area contributed by atoms with Gasteiger partial charge in [0.25, 0.3) is 0 Å². The van der Waals surface area contributed by atoms with Crippen molar-refractivity contribution in [3.05, 3.63) is 41.0 Å². The number of halogens is 1. The largest absolute Gasteiger partial charge is 0.494 e. The molecule has 3 rings (SSSR count). The van der Waals surface area contributed by atoms with Crippen LogP contribution >= 0.6 is 0 Å². The van der Waals surface area contributed by atoms with E-state index in [4.69, 9.17) is 9.84 Å². The molecule has 1 fully saturated rings. The Bertz CT molecular complexity index is 695. The number of carbonyl (C=O) groups is 1. The Morgan fingerprint density at radius 1 is 1.52 bits per heavy atom. The molecule has 0 saturated heterocycles. The lowest BCUT2D eigenvalue weighted by Gasteiger charge is -2.09. The van der Waals surface area contributed by atoms with Gasteiger partial charge in [-0.2, -0.15) is 0 Å². The number of nitrogens with zero attached hydrogens (tertiary/aromatic N) is 3. The molecule has 6 nitrogen and oxygen atoms in total. The van der Waals surface area contributed by atoms with Gasteiger partial charge in [-0.15, -0.1) is 5.10 Å². The van der Waals surface area contributed by atoms with E-state index in [1.165, 1.54) is 17.9 Å². The van der Waals surface area contributed by atoms with Crippen LogP contribution in [0.3, 0.4) is 0 Å². The molecule has 1 N–H and O–H groups in total. The van der Waals surface area contributed by atoms with Crippen LogP contribution in [-0.4, -0.2) is 33.2 Å². The molecule has 0 amide bonds. The first-order valence-corrected chi connectivity index (χ1v) is 6.60. The number of hydrogen-bond acceptors (Lipinski definition) is 4. The Hall–Kier alpha value is -2.44. The first-order valence-electron chi connectivity index (χ1n) is 6.60. The van der Waals surface area contributed by atoms with Crippen LogP contribution in [0.5, 0.6) is 5.75 Å². The van der Waals surface area contributed by atoms with Gasteiger partial charge in [0.05, 0.1) is 19.3 Å². The molecule has 0 radical (unpaired) electrons. The molecule has 0 atom stereocenters. The maximum absolute atomic E-state index is 14.2. The fraction of sp³-hybridized carbons (Fsp3) is 0.357. The van der Waals surface area contributed by atoms with E-state index in [1.54, 1.807) is 12.1 Å². The molecule has 1 aromatic carbocycles. The zero-order chi connectivity index (χ0) is 15.0. The highest BCUT2D eigenvalue weighted by Gasteiger charge is 2.33. The lowest BCUT2D eigenvalue weighted by Crippen LogP contribution is -2.10. The summed E-state index contributed by atoms with van der Waals surface area (Å²) in [5, 5.41) is 16.7. The second-order valence-corrected chi connectivity index (χ2v) is 4.99. The highest BCUT2D eigenvalue weighted by atomic mass is 19.1. The monoisotopic (exact) mass is 291 g/mol. The number of benzene rings is 1. The summed E-state index contributed by atoms with van der Waals surface area (Å²) in [7, 11) is 1.40. The second-order valence-electron chi connectivity index (χ2n) is 4.99. The van der Waals surface area contributed by atoms with Crippen molar-refractivity contribution < 1.29 is 19.0 Å².